The molecular formula is C57H105N3O10S. The highest BCUT2D eigenvalue weighted by Crippen LogP contribution is 2.25. The molecule has 0 aliphatic carbocycles. The third kappa shape index (κ3) is 32.8. The van der Waals surface area contributed by atoms with Gasteiger partial charge < -0.3 is 50.4 Å². The molecule has 414 valence electrons. The molecule has 7 N–H and O–H groups in total. The van der Waals surface area contributed by atoms with Crippen LogP contribution in [0.1, 0.15) is 251 Å². The second-order valence-corrected chi connectivity index (χ2v) is 21.2. The van der Waals surface area contributed by atoms with E-state index in [1.54, 1.807) is 6.07 Å². The number of aliphatic hydroxyl groups excluding tert-OH is 5. The van der Waals surface area contributed by atoms with Gasteiger partial charge in [0.05, 0.1) is 29.8 Å². The highest BCUT2D eigenvalue weighted by molar-refractivity contribution is 7.80. The van der Waals surface area contributed by atoms with Crippen molar-refractivity contribution in [1.82, 2.24) is 5.32 Å². The maximum atomic E-state index is 11.4. The number of thiocarbonyl (C=S) groups is 1. The molecule has 14 heteroatoms. The largest absolute Gasteiger partial charge is 0.468 e. The van der Waals surface area contributed by atoms with Crippen molar-refractivity contribution >= 4 is 28.8 Å². The van der Waals surface area contributed by atoms with E-state index in [-0.39, 0.29) is 24.1 Å². The molecule has 2 rings (SSSR count). The molecule has 71 heavy (non-hydrogen) atoms. The number of unbranched alkanes of at least 4 members (excludes halogenated alkanes) is 34. The van der Waals surface area contributed by atoms with Crippen LogP contribution < -0.4 is 10.6 Å². The number of nitrogens with one attached hydrogen (secondary N) is 2. The zero-order valence-corrected chi connectivity index (χ0v) is 45.7. The predicted octanol–water partition coefficient (Wildman–Crippen LogP) is 13.3. The summed E-state index contributed by atoms with van der Waals surface area (Å²) >= 11 is 5.24. The zero-order chi connectivity index (χ0) is 51.6. The fraction of sp³-hybridized carbons (Fsp3) is 0.877. The third-order valence-electron chi connectivity index (χ3n) is 14.4. The van der Waals surface area contributed by atoms with Gasteiger partial charge in [0.2, 0.25) is 0 Å². The van der Waals surface area contributed by atoms with Gasteiger partial charge in [-0.25, -0.2) is 0 Å². The van der Waals surface area contributed by atoms with Gasteiger partial charge in [0, 0.05) is 17.8 Å². The number of anilines is 1. The van der Waals surface area contributed by atoms with Gasteiger partial charge in [-0.15, -0.1) is 0 Å². The van der Waals surface area contributed by atoms with Crippen LogP contribution in [0.25, 0.3) is 0 Å². The van der Waals surface area contributed by atoms with E-state index >= 15 is 0 Å². The SMILES string of the molecule is CCCCCCCCCCCCCCCCCCCCCCCCCCN[C@@H](CO[C@H]1O[C@H](COC(=S)Nc2cccc([N+](=O)[O-])c2)[C@H](O)[C@H](O)[C@H]1O)[C@H](O)[C@H](O)CCCCCCCCCCCCCC. The number of hydrogen-bond donors (Lipinski definition) is 7. The lowest BCUT2D eigenvalue weighted by molar-refractivity contribution is -0.384. The van der Waals surface area contributed by atoms with Gasteiger partial charge in [-0.05, 0) is 37.7 Å². The number of rotatable bonds is 48. The van der Waals surface area contributed by atoms with Crippen LogP contribution in [0.3, 0.4) is 0 Å². The third-order valence-corrected chi connectivity index (χ3v) is 14.6. The van der Waals surface area contributed by atoms with Gasteiger partial charge in [0.1, 0.15) is 31.0 Å². The van der Waals surface area contributed by atoms with Crippen LogP contribution in [-0.2, 0) is 14.2 Å². The van der Waals surface area contributed by atoms with Crippen LogP contribution >= 0.6 is 12.2 Å². The number of hydrogen-bond acceptors (Lipinski definition) is 12. The van der Waals surface area contributed by atoms with Gasteiger partial charge in [-0.1, -0.05) is 245 Å². The number of aliphatic hydroxyl groups is 5. The molecule has 1 fully saturated rings. The van der Waals surface area contributed by atoms with Crippen molar-refractivity contribution in [3.05, 3.63) is 34.4 Å². The number of non-ortho nitro benzene ring substituents is 1. The van der Waals surface area contributed by atoms with Crippen molar-refractivity contribution in [2.75, 3.05) is 25.1 Å². The average molecular weight is 1020 g/mol. The van der Waals surface area contributed by atoms with Gasteiger partial charge in [0.15, 0.2) is 6.29 Å². The van der Waals surface area contributed by atoms with Crippen molar-refractivity contribution < 1.29 is 44.7 Å². The summed E-state index contributed by atoms with van der Waals surface area (Å²) in [7, 11) is 0. The molecule has 0 saturated carbocycles. The molecule has 1 saturated heterocycles. The molecule has 1 aliphatic rings. The highest BCUT2D eigenvalue weighted by Gasteiger charge is 2.45. The second-order valence-electron chi connectivity index (χ2n) is 20.8. The lowest BCUT2D eigenvalue weighted by Gasteiger charge is -2.40. The summed E-state index contributed by atoms with van der Waals surface area (Å²) in [6.07, 6.45) is 37.5. The summed E-state index contributed by atoms with van der Waals surface area (Å²) in [6.45, 7) is 4.67. The maximum Gasteiger partial charge on any atom is 0.271 e. The minimum Gasteiger partial charge on any atom is -0.468 e. The Morgan fingerprint density at radius 2 is 1.06 bits per heavy atom. The summed E-state index contributed by atoms with van der Waals surface area (Å²) in [5.41, 5.74) is 0.196. The first-order chi connectivity index (χ1) is 34.6. The minimum absolute atomic E-state index is 0.132. The highest BCUT2D eigenvalue weighted by atomic mass is 32.1. The Hall–Kier alpha value is -2.01. The number of benzene rings is 1. The molecule has 0 aromatic heterocycles. The lowest BCUT2D eigenvalue weighted by atomic mass is 9.98. The van der Waals surface area contributed by atoms with Crippen LogP contribution in [0.15, 0.2) is 24.3 Å². The smallest absolute Gasteiger partial charge is 0.271 e. The number of nitro benzene ring substituents is 1. The van der Waals surface area contributed by atoms with E-state index in [1.165, 1.54) is 211 Å². The van der Waals surface area contributed by atoms with E-state index in [9.17, 15) is 35.6 Å². The van der Waals surface area contributed by atoms with Crippen molar-refractivity contribution in [3.8, 4) is 0 Å². The molecule has 1 aliphatic heterocycles. The summed E-state index contributed by atoms with van der Waals surface area (Å²) in [6, 6.07) is 5.03. The van der Waals surface area contributed by atoms with Crippen molar-refractivity contribution in [2.45, 2.75) is 300 Å². The van der Waals surface area contributed by atoms with Crippen LogP contribution in [-0.4, -0.2) is 104 Å². The molecule has 8 atom stereocenters. The summed E-state index contributed by atoms with van der Waals surface area (Å²) in [4.78, 5) is 10.6. The van der Waals surface area contributed by atoms with Gasteiger partial charge in [0.25, 0.3) is 10.9 Å². The van der Waals surface area contributed by atoms with Crippen LogP contribution in [0.4, 0.5) is 11.4 Å². The molecule has 1 heterocycles. The Labute approximate surface area is 436 Å². The molecule has 0 spiro atoms. The first-order valence-electron chi connectivity index (χ1n) is 29.2. The first-order valence-corrected chi connectivity index (χ1v) is 29.6. The lowest BCUT2D eigenvalue weighted by Crippen LogP contribution is -2.60. The predicted molar refractivity (Wildman–Crippen MR) is 294 cm³/mol. The monoisotopic (exact) mass is 1020 g/mol. The van der Waals surface area contributed by atoms with Crippen molar-refractivity contribution in [3.63, 3.8) is 0 Å². The van der Waals surface area contributed by atoms with Crippen molar-refractivity contribution in [1.29, 1.82) is 0 Å². The minimum atomic E-state index is -1.63. The molecule has 1 aromatic rings. The average Bonchev–Trinajstić information content (AvgIpc) is 3.36. The zero-order valence-electron chi connectivity index (χ0n) is 44.8. The molecule has 0 unspecified atom stereocenters. The number of nitro groups is 1. The Bertz CT molecular complexity index is 1420. The topological polar surface area (TPSA) is 196 Å². The Morgan fingerprint density at radius 1 is 0.634 bits per heavy atom. The molecule has 0 radical (unpaired) electrons. The van der Waals surface area contributed by atoms with E-state index in [0.29, 0.717) is 18.7 Å². The van der Waals surface area contributed by atoms with E-state index < -0.39 is 53.9 Å². The van der Waals surface area contributed by atoms with Gasteiger partial charge >= 0.3 is 0 Å². The van der Waals surface area contributed by atoms with Crippen LogP contribution in [0.2, 0.25) is 0 Å². The van der Waals surface area contributed by atoms with E-state index in [2.05, 4.69) is 24.5 Å². The Kier molecular flexibility index (Phi) is 40.6. The fourth-order valence-electron chi connectivity index (χ4n) is 9.69. The molecule has 1 aromatic carbocycles. The maximum absolute atomic E-state index is 11.4. The van der Waals surface area contributed by atoms with Gasteiger partial charge in [-0.2, -0.15) is 0 Å². The second kappa shape index (κ2) is 44.3. The summed E-state index contributed by atoms with van der Waals surface area (Å²) < 4.78 is 17.4. The van der Waals surface area contributed by atoms with Crippen LogP contribution in [0.5, 0.6) is 0 Å². The summed E-state index contributed by atoms with van der Waals surface area (Å²) in [5, 5.41) is 72.1. The van der Waals surface area contributed by atoms with E-state index in [0.717, 1.165) is 38.5 Å². The normalized spacial score (nSPS) is 19.4. The first kappa shape index (κ1) is 65.1. The van der Waals surface area contributed by atoms with E-state index in [1.807, 2.05) is 0 Å². The Balaban J connectivity index is 1.71. The van der Waals surface area contributed by atoms with E-state index in [4.69, 9.17) is 26.4 Å². The molecule has 0 amide bonds. The number of ether oxygens (including phenoxy) is 3. The Morgan fingerprint density at radius 3 is 1.49 bits per heavy atom. The van der Waals surface area contributed by atoms with Crippen molar-refractivity contribution in [2.24, 2.45) is 0 Å². The summed E-state index contributed by atoms with van der Waals surface area (Å²) in [5.74, 6) is 0. The molecule has 0 bridgehead atoms. The molecule has 13 nitrogen and oxygen atoms in total. The number of nitrogens with zero attached hydrogens (tertiary/aromatic N) is 1. The standard InChI is InChI=1S/C57H105N3O10S/c1-3-5-7-9-11-13-15-17-18-19-20-21-22-23-24-25-26-27-28-30-32-34-36-38-43-58-49(52(62)50(61)42-37-35-33-31-29-16-14-12-10-8-6-4-2)45-68-56-55(65)54(64)53(63)51(70-56)46-69-57(71)59-47-40-39-41-48(44-47)60(66)67/h39-41,44,49-56,58,61-65H,3-38,42-43,45-46H2,1-2H3,(H,59,71)/t49-,50+,51+,52-,53-,54-,55+,56-/m0/s1. The molecular weight excluding hydrogens is 919 g/mol. The quantitative estimate of drug-likeness (QED) is 0.0141. The van der Waals surface area contributed by atoms with Crippen LogP contribution in [0, 0.1) is 10.1 Å². The van der Waals surface area contributed by atoms with Gasteiger partial charge in [-0.3, -0.25) is 10.1 Å². The fourth-order valence-corrected chi connectivity index (χ4v) is 9.87.